The van der Waals surface area contributed by atoms with Gasteiger partial charge in [-0.3, -0.25) is 4.99 Å². The molecule has 7 nitrogen and oxygen atoms in total. The maximum atomic E-state index is 4.26. The van der Waals surface area contributed by atoms with Gasteiger partial charge in [-0.1, -0.05) is 6.42 Å². The average Bonchev–Trinajstić information content (AvgIpc) is 2.87. The summed E-state index contributed by atoms with van der Waals surface area (Å²) in [5.74, 6) is 2.64. The number of halogens is 1. The molecule has 0 spiro atoms. The van der Waals surface area contributed by atoms with E-state index >= 15 is 0 Å². The van der Waals surface area contributed by atoms with Gasteiger partial charge in [-0.25, -0.2) is 0 Å². The van der Waals surface area contributed by atoms with Crippen molar-refractivity contribution in [2.24, 2.45) is 12.0 Å². The molecule has 1 aromatic rings. The predicted octanol–water partition coefficient (Wildman–Crippen LogP) is 1.67. The van der Waals surface area contributed by atoms with E-state index in [0.717, 1.165) is 43.2 Å². The Morgan fingerprint density at radius 3 is 2.71 bits per heavy atom. The molecule has 24 heavy (non-hydrogen) atoms. The van der Waals surface area contributed by atoms with Gasteiger partial charge in [0.05, 0.1) is 6.54 Å². The number of hydrogen-bond acceptors (Lipinski definition) is 4. The molecule has 1 aromatic heterocycles. The lowest BCUT2D eigenvalue weighted by Gasteiger charge is -2.33. The van der Waals surface area contributed by atoms with Gasteiger partial charge in [0.2, 0.25) is 0 Å². The molecule has 0 saturated carbocycles. The summed E-state index contributed by atoms with van der Waals surface area (Å²) in [6.45, 7) is 8.26. The van der Waals surface area contributed by atoms with E-state index in [9.17, 15) is 0 Å². The second-order valence-corrected chi connectivity index (χ2v) is 6.31. The molecule has 2 N–H and O–H groups in total. The molecular formula is C16H32IN7. The monoisotopic (exact) mass is 449 g/mol. The Balaban J connectivity index is 0.00000288. The van der Waals surface area contributed by atoms with Crippen LogP contribution in [0.3, 0.4) is 0 Å². The van der Waals surface area contributed by atoms with Crippen LogP contribution in [-0.2, 0) is 13.6 Å². The first-order chi connectivity index (χ1) is 11.1. The molecule has 1 saturated heterocycles. The number of nitrogens with one attached hydrogen (secondary N) is 2. The Bertz CT molecular complexity index is 515. The van der Waals surface area contributed by atoms with Crippen LogP contribution in [0.5, 0.6) is 0 Å². The van der Waals surface area contributed by atoms with E-state index in [4.69, 9.17) is 0 Å². The van der Waals surface area contributed by atoms with Gasteiger partial charge in [0.15, 0.2) is 11.8 Å². The Labute approximate surface area is 162 Å². The van der Waals surface area contributed by atoms with Crippen LogP contribution >= 0.6 is 24.0 Å². The highest BCUT2D eigenvalue weighted by Gasteiger charge is 2.17. The van der Waals surface area contributed by atoms with Crippen molar-refractivity contribution in [2.75, 3.05) is 26.7 Å². The zero-order valence-electron chi connectivity index (χ0n) is 15.4. The quantitative estimate of drug-likeness (QED) is 0.299. The maximum Gasteiger partial charge on any atom is 0.191 e. The number of aliphatic imine (C=N–C) groups is 1. The fourth-order valence-electron chi connectivity index (χ4n) is 2.97. The lowest BCUT2D eigenvalue weighted by atomic mass is 10.0. The minimum atomic E-state index is 0. The summed E-state index contributed by atoms with van der Waals surface area (Å²) in [4.78, 5) is 6.86. The van der Waals surface area contributed by atoms with Crippen LogP contribution in [0.2, 0.25) is 0 Å². The van der Waals surface area contributed by atoms with Crippen molar-refractivity contribution in [1.82, 2.24) is 30.3 Å². The van der Waals surface area contributed by atoms with Gasteiger partial charge in [-0.15, -0.1) is 34.2 Å². The third-order valence-corrected chi connectivity index (χ3v) is 4.68. The number of aryl methyl sites for hydroxylation is 1. The summed E-state index contributed by atoms with van der Waals surface area (Å²) < 4.78 is 1.98. The van der Waals surface area contributed by atoms with Gasteiger partial charge >= 0.3 is 0 Å². The van der Waals surface area contributed by atoms with Crippen LogP contribution in [0.15, 0.2) is 4.99 Å². The van der Waals surface area contributed by atoms with Crippen LogP contribution in [0.4, 0.5) is 0 Å². The molecule has 1 aliphatic rings. The Morgan fingerprint density at radius 1 is 1.29 bits per heavy atom. The van der Waals surface area contributed by atoms with Crippen LogP contribution in [-0.4, -0.2) is 58.3 Å². The third kappa shape index (κ3) is 6.19. The molecule has 8 heteroatoms. The van der Waals surface area contributed by atoms with Gasteiger partial charge < -0.3 is 20.1 Å². The minimum absolute atomic E-state index is 0. The second kappa shape index (κ2) is 10.9. The average molecular weight is 449 g/mol. The second-order valence-electron chi connectivity index (χ2n) is 6.31. The Hall–Kier alpha value is -0.900. The number of likely N-dealkylation sites (tertiary alicyclic amines) is 1. The van der Waals surface area contributed by atoms with Crippen molar-refractivity contribution >= 4 is 29.9 Å². The first-order valence-electron chi connectivity index (χ1n) is 8.65. The van der Waals surface area contributed by atoms with E-state index in [-0.39, 0.29) is 24.0 Å². The van der Waals surface area contributed by atoms with E-state index in [0.29, 0.717) is 6.54 Å². The minimum Gasteiger partial charge on any atom is -0.356 e. The molecule has 1 fully saturated rings. The van der Waals surface area contributed by atoms with Crippen molar-refractivity contribution in [3.05, 3.63) is 11.6 Å². The van der Waals surface area contributed by atoms with E-state index in [2.05, 4.69) is 37.6 Å². The van der Waals surface area contributed by atoms with Gasteiger partial charge in [0.25, 0.3) is 0 Å². The van der Waals surface area contributed by atoms with Gasteiger partial charge in [-0.2, -0.15) is 0 Å². The molecule has 138 valence electrons. The molecule has 1 atom stereocenters. The van der Waals surface area contributed by atoms with Crippen molar-refractivity contribution in [1.29, 1.82) is 0 Å². The van der Waals surface area contributed by atoms with Crippen LogP contribution in [0, 0.1) is 6.92 Å². The summed E-state index contributed by atoms with van der Waals surface area (Å²) in [6.07, 6.45) is 5.20. The van der Waals surface area contributed by atoms with E-state index in [1.165, 1.54) is 25.8 Å². The lowest BCUT2D eigenvalue weighted by Crippen LogP contribution is -2.41. The first kappa shape index (κ1) is 21.1. The summed E-state index contributed by atoms with van der Waals surface area (Å²) in [7, 11) is 3.77. The van der Waals surface area contributed by atoms with Crippen molar-refractivity contribution in [2.45, 2.75) is 52.1 Å². The summed E-state index contributed by atoms with van der Waals surface area (Å²) in [5.41, 5.74) is 0. The molecule has 1 aliphatic heterocycles. The zero-order valence-corrected chi connectivity index (χ0v) is 17.7. The summed E-state index contributed by atoms with van der Waals surface area (Å²) >= 11 is 0. The molecule has 0 aromatic carbocycles. The van der Waals surface area contributed by atoms with E-state index in [1.807, 2.05) is 18.5 Å². The normalized spacial score (nSPS) is 19.0. The van der Waals surface area contributed by atoms with Crippen molar-refractivity contribution in [3.8, 4) is 0 Å². The van der Waals surface area contributed by atoms with Gasteiger partial charge in [0.1, 0.15) is 5.82 Å². The fourth-order valence-corrected chi connectivity index (χ4v) is 2.97. The molecule has 0 bridgehead atoms. The van der Waals surface area contributed by atoms with Crippen molar-refractivity contribution < 1.29 is 0 Å². The Kier molecular flexibility index (Phi) is 9.57. The summed E-state index contributed by atoms with van der Waals surface area (Å²) in [6, 6.07) is 0.736. The van der Waals surface area contributed by atoms with Crippen LogP contribution < -0.4 is 10.6 Å². The molecule has 1 unspecified atom stereocenters. The van der Waals surface area contributed by atoms with Crippen molar-refractivity contribution in [3.63, 3.8) is 0 Å². The van der Waals surface area contributed by atoms with Gasteiger partial charge in [0, 0.05) is 33.2 Å². The standard InChI is InChI=1S/C16H31N7.HI/c1-13-8-5-6-10-23(13)11-7-9-18-16(17-3)19-12-15-21-20-14(2)22(15)4;/h13H,5-12H2,1-4H3,(H2,17,18,19);1H. The maximum absolute atomic E-state index is 4.26. The zero-order chi connectivity index (χ0) is 16.7. The number of guanidine groups is 1. The number of piperidine rings is 1. The van der Waals surface area contributed by atoms with Crippen LogP contribution in [0.1, 0.15) is 44.3 Å². The lowest BCUT2D eigenvalue weighted by molar-refractivity contribution is 0.159. The number of aromatic nitrogens is 3. The molecule has 0 radical (unpaired) electrons. The fraction of sp³-hybridized carbons (Fsp3) is 0.812. The van der Waals surface area contributed by atoms with E-state index < -0.39 is 0 Å². The molecule has 2 rings (SSSR count). The largest absolute Gasteiger partial charge is 0.356 e. The highest BCUT2D eigenvalue weighted by atomic mass is 127. The SMILES string of the molecule is CN=C(NCCCN1CCCCC1C)NCc1nnc(C)n1C.I. The topological polar surface area (TPSA) is 70.4 Å². The smallest absolute Gasteiger partial charge is 0.191 e. The van der Waals surface area contributed by atoms with Crippen LogP contribution in [0.25, 0.3) is 0 Å². The first-order valence-corrected chi connectivity index (χ1v) is 8.65. The highest BCUT2D eigenvalue weighted by molar-refractivity contribution is 14.0. The predicted molar refractivity (Wildman–Crippen MR) is 109 cm³/mol. The molecule has 2 heterocycles. The molecular weight excluding hydrogens is 417 g/mol. The summed E-state index contributed by atoms with van der Waals surface area (Å²) in [5, 5.41) is 14.9. The Morgan fingerprint density at radius 2 is 2.08 bits per heavy atom. The molecule has 0 amide bonds. The third-order valence-electron chi connectivity index (χ3n) is 4.68. The number of hydrogen-bond donors (Lipinski definition) is 2. The number of nitrogens with zero attached hydrogens (tertiary/aromatic N) is 5. The highest BCUT2D eigenvalue weighted by Crippen LogP contribution is 2.15. The van der Waals surface area contributed by atoms with E-state index in [1.54, 1.807) is 7.05 Å². The van der Waals surface area contributed by atoms with Gasteiger partial charge in [-0.05, 0) is 39.7 Å². The number of rotatable bonds is 6. The molecule has 0 aliphatic carbocycles.